The van der Waals surface area contributed by atoms with Crippen LogP contribution >= 0.6 is 23.2 Å². The van der Waals surface area contributed by atoms with Crippen LogP contribution in [0.2, 0.25) is 10.0 Å². The van der Waals surface area contributed by atoms with Gasteiger partial charge in [0.15, 0.2) is 0 Å². The standard InChI is InChI=1S/C14H18Cl2N2O/c15-11-5-4-10(8-12(11)16)18-13(19)9-14(17)6-2-1-3-7-14/h4-5,8H,1-3,6-7,9,17H2,(H,18,19). The second-order valence-electron chi connectivity index (χ2n) is 5.28. The van der Waals surface area contributed by atoms with Crippen LogP contribution in [-0.2, 0) is 4.79 Å². The Kier molecular flexibility index (Phi) is 4.71. The zero-order chi connectivity index (χ0) is 13.9. The average molecular weight is 301 g/mol. The van der Waals surface area contributed by atoms with Gasteiger partial charge in [-0.2, -0.15) is 0 Å². The minimum atomic E-state index is -0.349. The summed E-state index contributed by atoms with van der Waals surface area (Å²) in [5.74, 6) is -0.0669. The number of halogens is 2. The highest BCUT2D eigenvalue weighted by Crippen LogP contribution is 2.29. The summed E-state index contributed by atoms with van der Waals surface area (Å²) in [5.41, 5.74) is 6.56. The molecule has 3 N–H and O–H groups in total. The number of benzene rings is 1. The SMILES string of the molecule is NC1(CC(=O)Nc2ccc(Cl)c(Cl)c2)CCCCC1. The van der Waals surface area contributed by atoms with E-state index in [4.69, 9.17) is 28.9 Å². The smallest absolute Gasteiger partial charge is 0.226 e. The van der Waals surface area contributed by atoms with Gasteiger partial charge in [-0.1, -0.05) is 42.5 Å². The van der Waals surface area contributed by atoms with Crippen LogP contribution in [0.3, 0.4) is 0 Å². The molecule has 0 atom stereocenters. The summed E-state index contributed by atoms with van der Waals surface area (Å²) in [6.07, 6.45) is 5.62. The lowest BCUT2D eigenvalue weighted by Gasteiger charge is -2.32. The third kappa shape index (κ3) is 4.10. The second kappa shape index (κ2) is 6.12. The van der Waals surface area contributed by atoms with Gasteiger partial charge >= 0.3 is 0 Å². The van der Waals surface area contributed by atoms with Crippen molar-refractivity contribution in [3.63, 3.8) is 0 Å². The molecule has 19 heavy (non-hydrogen) atoms. The maximum atomic E-state index is 12.0. The first-order valence-corrected chi connectivity index (χ1v) is 7.28. The monoisotopic (exact) mass is 300 g/mol. The topological polar surface area (TPSA) is 55.1 Å². The summed E-state index contributed by atoms with van der Waals surface area (Å²) in [6, 6.07) is 5.04. The Morgan fingerprint density at radius 3 is 2.53 bits per heavy atom. The highest BCUT2D eigenvalue weighted by molar-refractivity contribution is 6.42. The van der Waals surface area contributed by atoms with Gasteiger partial charge in [0.2, 0.25) is 5.91 Å². The Labute approximate surface area is 123 Å². The van der Waals surface area contributed by atoms with Crippen LogP contribution in [-0.4, -0.2) is 11.4 Å². The fraction of sp³-hybridized carbons (Fsp3) is 0.500. The number of hydrogen-bond acceptors (Lipinski definition) is 2. The zero-order valence-corrected chi connectivity index (χ0v) is 12.2. The van der Waals surface area contributed by atoms with E-state index >= 15 is 0 Å². The summed E-state index contributed by atoms with van der Waals surface area (Å²) in [4.78, 5) is 12.0. The summed E-state index contributed by atoms with van der Waals surface area (Å²) >= 11 is 11.7. The molecule has 0 heterocycles. The molecule has 104 valence electrons. The first-order chi connectivity index (χ1) is 8.98. The predicted molar refractivity (Wildman–Crippen MR) is 79.7 cm³/mol. The molecule has 0 saturated heterocycles. The van der Waals surface area contributed by atoms with Crippen LogP contribution in [0.4, 0.5) is 5.69 Å². The summed E-state index contributed by atoms with van der Waals surface area (Å²) < 4.78 is 0. The molecule has 1 aliphatic carbocycles. The van der Waals surface area contributed by atoms with Crippen molar-refractivity contribution in [2.75, 3.05) is 5.32 Å². The summed E-state index contributed by atoms with van der Waals surface area (Å²) in [5, 5.41) is 3.72. The lowest BCUT2D eigenvalue weighted by Crippen LogP contribution is -2.44. The van der Waals surface area contributed by atoms with Gasteiger partial charge in [0.05, 0.1) is 10.0 Å². The zero-order valence-electron chi connectivity index (χ0n) is 10.7. The highest BCUT2D eigenvalue weighted by Gasteiger charge is 2.29. The van der Waals surface area contributed by atoms with Crippen LogP contribution in [0.5, 0.6) is 0 Å². The molecule has 0 spiro atoms. The van der Waals surface area contributed by atoms with Crippen LogP contribution in [0.15, 0.2) is 18.2 Å². The highest BCUT2D eigenvalue weighted by atomic mass is 35.5. The number of nitrogens with two attached hydrogens (primary N) is 1. The number of anilines is 1. The third-order valence-corrected chi connectivity index (χ3v) is 4.30. The molecule has 3 nitrogen and oxygen atoms in total. The van der Waals surface area contributed by atoms with E-state index < -0.39 is 0 Å². The van der Waals surface area contributed by atoms with Crippen LogP contribution in [0.1, 0.15) is 38.5 Å². The molecule has 0 radical (unpaired) electrons. The predicted octanol–water partition coefficient (Wildman–Crippen LogP) is 3.98. The number of hydrogen-bond donors (Lipinski definition) is 2. The molecule has 1 fully saturated rings. The molecule has 0 aliphatic heterocycles. The third-order valence-electron chi connectivity index (χ3n) is 3.57. The van der Waals surface area contributed by atoms with Crippen LogP contribution in [0.25, 0.3) is 0 Å². The summed E-state index contributed by atoms with van der Waals surface area (Å²) in [7, 11) is 0. The van der Waals surface area contributed by atoms with Gasteiger partial charge in [0, 0.05) is 17.6 Å². The Bertz CT molecular complexity index is 471. The number of amides is 1. The normalized spacial score (nSPS) is 18.1. The molecule has 2 rings (SSSR count). The van der Waals surface area contributed by atoms with Gasteiger partial charge in [-0.15, -0.1) is 0 Å². The van der Waals surface area contributed by atoms with E-state index in [2.05, 4.69) is 5.32 Å². The summed E-state index contributed by atoms with van der Waals surface area (Å²) in [6.45, 7) is 0. The van der Waals surface area contributed by atoms with Crippen molar-refractivity contribution in [2.24, 2.45) is 5.73 Å². The molecule has 0 unspecified atom stereocenters. The van der Waals surface area contributed by atoms with Gasteiger partial charge in [-0.05, 0) is 31.0 Å². The van der Waals surface area contributed by atoms with Crippen molar-refractivity contribution in [3.8, 4) is 0 Å². The number of carbonyl (C=O) groups is 1. The minimum absolute atomic E-state index is 0.0669. The lowest BCUT2D eigenvalue weighted by atomic mass is 9.80. The number of rotatable bonds is 3. The van der Waals surface area contributed by atoms with Crippen molar-refractivity contribution in [1.29, 1.82) is 0 Å². The first-order valence-electron chi connectivity index (χ1n) is 6.52. The number of carbonyl (C=O) groups excluding carboxylic acids is 1. The molecule has 1 aromatic carbocycles. The van der Waals surface area contributed by atoms with Crippen molar-refractivity contribution in [2.45, 2.75) is 44.1 Å². The Morgan fingerprint density at radius 1 is 1.21 bits per heavy atom. The van der Waals surface area contributed by atoms with E-state index in [0.717, 1.165) is 25.7 Å². The molecule has 0 bridgehead atoms. The molecular formula is C14H18Cl2N2O. The van der Waals surface area contributed by atoms with E-state index in [9.17, 15) is 4.79 Å². The number of nitrogens with one attached hydrogen (secondary N) is 1. The van der Waals surface area contributed by atoms with Crippen molar-refractivity contribution >= 4 is 34.8 Å². The Hall–Kier alpha value is -0.770. The molecule has 1 aliphatic rings. The van der Waals surface area contributed by atoms with E-state index in [1.54, 1.807) is 18.2 Å². The van der Waals surface area contributed by atoms with Crippen molar-refractivity contribution in [1.82, 2.24) is 0 Å². The molecule has 1 saturated carbocycles. The quantitative estimate of drug-likeness (QED) is 0.887. The van der Waals surface area contributed by atoms with Gasteiger partial charge in [0.25, 0.3) is 0 Å². The minimum Gasteiger partial charge on any atom is -0.326 e. The molecule has 5 heteroatoms. The van der Waals surface area contributed by atoms with Gasteiger partial charge < -0.3 is 11.1 Å². The lowest BCUT2D eigenvalue weighted by molar-refractivity contribution is -0.117. The largest absolute Gasteiger partial charge is 0.326 e. The van der Waals surface area contributed by atoms with Crippen LogP contribution < -0.4 is 11.1 Å². The second-order valence-corrected chi connectivity index (χ2v) is 6.09. The molecule has 1 amide bonds. The van der Waals surface area contributed by atoms with Gasteiger partial charge in [-0.3, -0.25) is 4.79 Å². The fourth-order valence-corrected chi connectivity index (χ4v) is 2.83. The maximum absolute atomic E-state index is 12.0. The van der Waals surface area contributed by atoms with E-state index in [0.29, 0.717) is 22.2 Å². The van der Waals surface area contributed by atoms with Crippen LogP contribution in [0, 0.1) is 0 Å². The molecule has 1 aromatic rings. The van der Waals surface area contributed by atoms with Crippen molar-refractivity contribution < 1.29 is 4.79 Å². The van der Waals surface area contributed by atoms with E-state index in [-0.39, 0.29) is 11.4 Å². The van der Waals surface area contributed by atoms with Gasteiger partial charge in [-0.25, -0.2) is 0 Å². The van der Waals surface area contributed by atoms with Gasteiger partial charge in [0.1, 0.15) is 0 Å². The van der Waals surface area contributed by atoms with Crippen molar-refractivity contribution in [3.05, 3.63) is 28.2 Å². The average Bonchev–Trinajstić information content (AvgIpc) is 2.34. The van der Waals surface area contributed by atoms with E-state index in [1.165, 1.54) is 6.42 Å². The molecular weight excluding hydrogens is 283 g/mol. The molecule has 0 aromatic heterocycles. The first kappa shape index (κ1) is 14.6. The fourth-order valence-electron chi connectivity index (χ4n) is 2.53. The van der Waals surface area contributed by atoms with E-state index in [1.807, 2.05) is 0 Å². The maximum Gasteiger partial charge on any atom is 0.226 e. The Morgan fingerprint density at radius 2 is 1.89 bits per heavy atom. The Balaban J connectivity index is 1.95.